The van der Waals surface area contributed by atoms with Gasteiger partial charge < -0.3 is 15.2 Å². The molecule has 128 valence electrons. The fourth-order valence-electron chi connectivity index (χ4n) is 2.14. The molecule has 0 radical (unpaired) electrons. The highest BCUT2D eigenvalue weighted by Gasteiger charge is 2.24. The van der Waals surface area contributed by atoms with E-state index in [1.165, 1.54) is 19.3 Å². The van der Waals surface area contributed by atoms with E-state index in [0.29, 0.717) is 19.1 Å². The molecule has 0 aromatic rings. The van der Waals surface area contributed by atoms with Gasteiger partial charge in [-0.1, -0.05) is 32.1 Å². The van der Waals surface area contributed by atoms with Gasteiger partial charge in [0.2, 0.25) is 0 Å². The molecule has 0 amide bonds. The second kappa shape index (κ2) is 9.32. The SMILES string of the molecule is C=CCC(O)N(COCC[Si](C)(C)C)/N=C(\NC)C1CCC1. The summed E-state index contributed by atoms with van der Waals surface area (Å²) in [6, 6.07) is 1.11. The minimum absolute atomic E-state index is 0.317. The minimum atomic E-state index is -1.10. The van der Waals surface area contributed by atoms with Crippen molar-refractivity contribution in [1.82, 2.24) is 10.3 Å². The molecule has 6 heteroatoms. The Labute approximate surface area is 136 Å². The predicted molar refractivity (Wildman–Crippen MR) is 95.5 cm³/mol. The van der Waals surface area contributed by atoms with Crippen molar-refractivity contribution < 1.29 is 9.84 Å². The van der Waals surface area contributed by atoms with Crippen LogP contribution in [0.3, 0.4) is 0 Å². The zero-order valence-corrected chi connectivity index (χ0v) is 15.6. The van der Waals surface area contributed by atoms with E-state index in [1.807, 2.05) is 7.05 Å². The number of hydrogen-bond donors (Lipinski definition) is 2. The van der Waals surface area contributed by atoms with Gasteiger partial charge in [-0.05, 0) is 18.9 Å². The monoisotopic (exact) mass is 327 g/mol. The third-order valence-electron chi connectivity index (χ3n) is 3.93. The van der Waals surface area contributed by atoms with Crippen molar-refractivity contribution in [3.63, 3.8) is 0 Å². The number of aliphatic hydroxyl groups is 1. The smallest absolute Gasteiger partial charge is 0.148 e. The Hall–Kier alpha value is -0.853. The topological polar surface area (TPSA) is 57.1 Å². The van der Waals surface area contributed by atoms with Crippen LogP contribution in [0.5, 0.6) is 0 Å². The number of hydrogen-bond acceptors (Lipinski definition) is 4. The van der Waals surface area contributed by atoms with Crippen molar-refractivity contribution in [1.29, 1.82) is 0 Å². The third kappa shape index (κ3) is 6.94. The standard InChI is InChI=1S/C16H33N3O2Si/c1-6-8-15(20)19(13-21-11-12-22(3,4)5)18-16(17-2)14-9-7-10-14/h6,14-15,20H,1,7-13H2,2-5H3,(H,17,18). The van der Waals surface area contributed by atoms with Gasteiger partial charge in [-0.2, -0.15) is 5.10 Å². The van der Waals surface area contributed by atoms with E-state index in [-0.39, 0.29) is 0 Å². The summed E-state index contributed by atoms with van der Waals surface area (Å²) in [4.78, 5) is 0. The molecule has 1 aliphatic rings. The first kappa shape index (κ1) is 19.2. The molecular formula is C16H33N3O2Si. The van der Waals surface area contributed by atoms with Crippen LogP contribution in [0.1, 0.15) is 25.7 Å². The highest BCUT2D eigenvalue weighted by molar-refractivity contribution is 6.76. The van der Waals surface area contributed by atoms with Crippen LogP contribution in [0, 0.1) is 5.92 Å². The van der Waals surface area contributed by atoms with Gasteiger partial charge in [0, 0.05) is 34.1 Å². The lowest BCUT2D eigenvalue weighted by Gasteiger charge is -2.31. The van der Waals surface area contributed by atoms with Crippen molar-refractivity contribution in [2.75, 3.05) is 20.4 Å². The quantitative estimate of drug-likeness (QED) is 0.123. The van der Waals surface area contributed by atoms with Gasteiger partial charge in [0.1, 0.15) is 18.8 Å². The molecule has 2 N–H and O–H groups in total. The van der Waals surface area contributed by atoms with Gasteiger partial charge in [-0.25, -0.2) is 5.01 Å². The van der Waals surface area contributed by atoms with Crippen LogP contribution < -0.4 is 5.32 Å². The van der Waals surface area contributed by atoms with E-state index in [2.05, 4.69) is 36.6 Å². The average molecular weight is 328 g/mol. The maximum atomic E-state index is 10.2. The van der Waals surface area contributed by atoms with Crippen LogP contribution in [0.4, 0.5) is 0 Å². The highest BCUT2D eigenvalue weighted by atomic mass is 28.3. The summed E-state index contributed by atoms with van der Waals surface area (Å²) in [6.45, 7) is 11.7. The van der Waals surface area contributed by atoms with Gasteiger partial charge in [0.05, 0.1) is 0 Å². The van der Waals surface area contributed by atoms with Crippen LogP contribution in [-0.4, -0.2) is 50.6 Å². The maximum absolute atomic E-state index is 10.2. The molecule has 0 aromatic heterocycles. The fraction of sp³-hybridized carbons (Fsp3) is 0.812. The van der Waals surface area contributed by atoms with Crippen LogP contribution >= 0.6 is 0 Å². The van der Waals surface area contributed by atoms with E-state index in [0.717, 1.165) is 18.5 Å². The van der Waals surface area contributed by atoms with Crippen molar-refractivity contribution in [3.8, 4) is 0 Å². The third-order valence-corrected chi connectivity index (χ3v) is 5.63. The van der Waals surface area contributed by atoms with Crippen LogP contribution in [0.25, 0.3) is 0 Å². The summed E-state index contributed by atoms with van der Waals surface area (Å²) in [5.74, 6) is 1.44. The second-order valence-corrected chi connectivity index (χ2v) is 12.8. The van der Waals surface area contributed by atoms with Crippen LogP contribution in [0.2, 0.25) is 25.7 Å². The molecule has 1 fully saturated rings. The zero-order chi connectivity index (χ0) is 16.6. The molecule has 1 rings (SSSR count). The highest BCUT2D eigenvalue weighted by Crippen LogP contribution is 2.27. The van der Waals surface area contributed by atoms with Crippen molar-refractivity contribution in [3.05, 3.63) is 12.7 Å². The van der Waals surface area contributed by atoms with Gasteiger partial charge in [-0.15, -0.1) is 6.58 Å². The second-order valence-electron chi connectivity index (χ2n) is 7.16. The number of ether oxygens (including phenoxy) is 1. The molecule has 0 saturated heterocycles. The van der Waals surface area contributed by atoms with Gasteiger partial charge in [0.25, 0.3) is 0 Å². The van der Waals surface area contributed by atoms with E-state index < -0.39 is 14.3 Å². The Balaban J connectivity index is 2.58. The number of amidine groups is 1. The van der Waals surface area contributed by atoms with Crippen molar-refractivity contribution in [2.24, 2.45) is 11.0 Å². The summed E-state index contributed by atoms with van der Waals surface area (Å²) in [6.07, 6.45) is 5.09. The lowest BCUT2D eigenvalue weighted by molar-refractivity contribution is -0.0674. The Morgan fingerprint density at radius 1 is 1.50 bits per heavy atom. The average Bonchev–Trinajstić information content (AvgIpc) is 2.37. The summed E-state index contributed by atoms with van der Waals surface area (Å²) in [5, 5.41) is 19.6. The van der Waals surface area contributed by atoms with Crippen LogP contribution in [0.15, 0.2) is 17.8 Å². The lowest BCUT2D eigenvalue weighted by atomic mass is 9.84. The number of rotatable bonds is 10. The molecule has 1 atom stereocenters. The summed E-state index contributed by atoms with van der Waals surface area (Å²) in [5.41, 5.74) is 0. The summed E-state index contributed by atoms with van der Waals surface area (Å²) >= 11 is 0. The number of nitrogens with one attached hydrogen (secondary N) is 1. The van der Waals surface area contributed by atoms with Crippen LogP contribution in [-0.2, 0) is 4.74 Å². The van der Waals surface area contributed by atoms with Crippen molar-refractivity contribution in [2.45, 2.75) is 57.6 Å². The lowest BCUT2D eigenvalue weighted by Crippen LogP contribution is -2.39. The molecule has 0 aliphatic heterocycles. The molecule has 5 nitrogen and oxygen atoms in total. The predicted octanol–water partition coefficient (Wildman–Crippen LogP) is 2.83. The Bertz CT molecular complexity index is 365. The van der Waals surface area contributed by atoms with E-state index in [4.69, 9.17) is 4.74 Å². The molecule has 1 unspecified atom stereocenters. The first-order valence-corrected chi connectivity index (χ1v) is 12.0. The molecule has 22 heavy (non-hydrogen) atoms. The van der Waals surface area contributed by atoms with E-state index >= 15 is 0 Å². The molecular weight excluding hydrogens is 294 g/mol. The van der Waals surface area contributed by atoms with E-state index in [1.54, 1.807) is 11.1 Å². The summed E-state index contributed by atoms with van der Waals surface area (Å²) < 4.78 is 5.75. The molecule has 0 bridgehead atoms. The molecule has 0 aromatic carbocycles. The van der Waals surface area contributed by atoms with Crippen molar-refractivity contribution >= 4 is 13.9 Å². The van der Waals surface area contributed by atoms with Gasteiger partial charge in [0.15, 0.2) is 0 Å². The normalized spacial score (nSPS) is 17.8. The van der Waals surface area contributed by atoms with Gasteiger partial charge in [-0.3, -0.25) is 0 Å². The Kier molecular flexibility index (Phi) is 8.13. The number of hydrazone groups is 1. The largest absolute Gasteiger partial charge is 0.375 e. The fourth-order valence-corrected chi connectivity index (χ4v) is 2.90. The molecule has 0 spiro atoms. The molecule has 1 aliphatic carbocycles. The summed E-state index contributed by atoms with van der Waals surface area (Å²) in [7, 11) is 0.795. The Morgan fingerprint density at radius 3 is 2.64 bits per heavy atom. The molecule has 0 heterocycles. The first-order chi connectivity index (χ1) is 10.4. The number of nitrogens with zero attached hydrogens (tertiary/aromatic N) is 2. The van der Waals surface area contributed by atoms with Gasteiger partial charge >= 0.3 is 0 Å². The zero-order valence-electron chi connectivity index (χ0n) is 14.6. The maximum Gasteiger partial charge on any atom is 0.148 e. The number of aliphatic hydroxyl groups excluding tert-OH is 1. The minimum Gasteiger partial charge on any atom is -0.375 e. The Morgan fingerprint density at radius 2 is 2.18 bits per heavy atom. The first-order valence-electron chi connectivity index (χ1n) is 8.27. The molecule has 1 saturated carbocycles. The van der Waals surface area contributed by atoms with E-state index in [9.17, 15) is 5.11 Å².